The topological polar surface area (TPSA) is 69.4 Å². The van der Waals surface area contributed by atoms with Crippen LogP contribution in [0, 0.1) is 13.8 Å². The van der Waals surface area contributed by atoms with E-state index in [1.807, 2.05) is 31.2 Å². The van der Waals surface area contributed by atoms with Gasteiger partial charge in [0.2, 0.25) is 5.88 Å². The number of fused-ring (bicyclic) bond motifs is 1. The van der Waals surface area contributed by atoms with E-state index in [9.17, 15) is 4.79 Å². The summed E-state index contributed by atoms with van der Waals surface area (Å²) in [6.07, 6.45) is 4.12. The van der Waals surface area contributed by atoms with Crippen molar-refractivity contribution in [2.75, 3.05) is 0 Å². The quantitative estimate of drug-likeness (QED) is 0.508. The monoisotopic (exact) mass is 372 g/mol. The molecule has 0 aliphatic rings. The van der Waals surface area contributed by atoms with Crippen LogP contribution in [0.5, 0.6) is 5.88 Å². The van der Waals surface area contributed by atoms with Gasteiger partial charge in [-0.3, -0.25) is 9.78 Å². The molecule has 0 N–H and O–H groups in total. The number of aromatic nitrogens is 4. The molecule has 0 bridgehead atoms. The molecular weight excluding hydrogens is 352 g/mol. The van der Waals surface area contributed by atoms with Gasteiger partial charge in [-0.25, -0.2) is 4.98 Å². The molecule has 0 saturated heterocycles. The first kappa shape index (κ1) is 17.9. The van der Waals surface area contributed by atoms with Crippen LogP contribution >= 0.6 is 0 Å². The second kappa shape index (κ2) is 7.23. The van der Waals surface area contributed by atoms with Crippen LogP contribution in [0.1, 0.15) is 29.3 Å². The van der Waals surface area contributed by atoms with Crippen LogP contribution < -0.4 is 4.74 Å². The zero-order chi connectivity index (χ0) is 19.7. The molecule has 0 spiro atoms. The lowest BCUT2D eigenvalue weighted by atomic mass is 10.0. The maximum absolute atomic E-state index is 11.6. The Morgan fingerprint density at radius 2 is 1.86 bits per heavy atom. The standard InChI is InChI=1S/C22H20N4O2/c1-14-6-4-5-7-18(14)12-19-15(2)25-26-21(28-16(3)27)13-20(24-22(19)26)17-8-10-23-11-9-17/h4-11,13H,12H2,1-3H3. The van der Waals surface area contributed by atoms with Crippen molar-refractivity contribution in [2.24, 2.45) is 0 Å². The number of hydrogen-bond acceptors (Lipinski definition) is 5. The molecule has 4 rings (SSSR count). The highest BCUT2D eigenvalue weighted by molar-refractivity contribution is 5.71. The summed E-state index contributed by atoms with van der Waals surface area (Å²) in [6, 6.07) is 13.7. The van der Waals surface area contributed by atoms with E-state index in [-0.39, 0.29) is 0 Å². The van der Waals surface area contributed by atoms with Crippen molar-refractivity contribution in [3.05, 3.63) is 77.2 Å². The van der Waals surface area contributed by atoms with Crippen molar-refractivity contribution >= 4 is 11.6 Å². The Labute approximate surface area is 162 Å². The molecule has 3 heterocycles. The number of ether oxygens (including phenoxy) is 1. The van der Waals surface area contributed by atoms with Gasteiger partial charge in [0.15, 0.2) is 5.65 Å². The fourth-order valence-electron chi connectivity index (χ4n) is 3.24. The highest BCUT2D eigenvalue weighted by Gasteiger charge is 2.18. The predicted octanol–water partition coefficient (Wildman–Crippen LogP) is 3.92. The summed E-state index contributed by atoms with van der Waals surface area (Å²) < 4.78 is 7.04. The van der Waals surface area contributed by atoms with E-state index in [0.717, 1.165) is 16.8 Å². The Morgan fingerprint density at radius 3 is 2.57 bits per heavy atom. The van der Waals surface area contributed by atoms with Crippen LogP contribution in [0.25, 0.3) is 16.9 Å². The molecule has 0 saturated carbocycles. The van der Waals surface area contributed by atoms with Crippen LogP contribution in [0.2, 0.25) is 0 Å². The molecule has 3 aromatic heterocycles. The average molecular weight is 372 g/mol. The molecule has 0 amide bonds. The maximum Gasteiger partial charge on any atom is 0.309 e. The van der Waals surface area contributed by atoms with Gasteiger partial charge in [0.25, 0.3) is 0 Å². The number of nitrogens with zero attached hydrogens (tertiary/aromatic N) is 4. The van der Waals surface area contributed by atoms with Crippen LogP contribution in [0.15, 0.2) is 54.9 Å². The average Bonchev–Trinajstić information content (AvgIpc) is 3.00. The second-order valence-corrected chi connectivity index (χ2v) is 6.71. The number of rotatable bonds is 4. The van der Waals surface area contributed by atoms with Crippen molar-refractivity contribution in [1.82, 2.24) is 19.6 Å². The Kier molecular flexibility index (Phi) is 4.61. The lowest BCUT2D eigenvalue weighted by Gasteiger charge is -2.09. The van der Waals surface area contributed by atoms with E-state index in [1.54, 1.807) is 23.0 Å². The third-order valence-corrected chi connectivity index (χ3v) is 4.71. The molecule has 28 heavy (non-hydrogen) atoms. The highest BCUT2D eigenvalue weighted by Crippen LogP contribution is 2.28. The predicted molar refractivity (Wildman–Crippen MR) is 106 cm³/mol. The largest absolute Gasteiger partial charge is 0.407 e. The van der Waals surface area contributed by atoms with Gasteiger partial charge in [-0.15, -0.1) is 0 Å². The van der Waals surface area contributed by atoms with Crippen LogP contribution in [-0.2, 0) is 11.2 Å². The number of benzene rings is 1. The Bertz CT molecular complexity index is 1170. The molecule has 0 atom stereocenters. The number of hydrogen-bond donors (Lipinski definition) is 0. The van der Waals surface area contributed by atoms with Crippen molar-refractivity contribution in [3.63, 3.8) is 0 Å². The summed E-state index contributed by atoms with van der Waals surface area (Å²) in [5, 5.41) is 4.59. The third kappa shape index (κ3) is 3.36. The van der Waals surface area contributed by atoms with E-state index in [1.165, 1.54) is 18.1 Å². The minimum absolute atomic E-state index is 0.350. The second-order valence-electron chi connectivity index (χ2n) is 6.71. The molecule has 0 radical (unpaired) electrons. The van der Waals surface area contributed by atoms with Crippen molar-refractivity contribution in [1.29, 1.82) is 0 Å². The Balaban J connectivity index is 1.92. The smallest absolute Gasteiger partial charge is 0.309 e. The summed E-state index contributed by atoms with van der Waals surface area (Å²) in [7, 11) is 0. The first-order valence-electron chi connectivity index (χ1n) is 9.05. The molecule has 4 aromatic rings. The molecule has 6 nitrogen and oxygen atoms in total. The van der Waals surface area contributed by atoms with Gasteiger partial charge in [-0.05, 0) is 37.1 Å². The van der Waals surface area contributed by atoms with E-state index in [0.29, 0.717) is 23.6 Å². The molecule has 140 valence electrons. The molecule has 6 heteroatoms. The zero-order valence-electron chi connectivity index (χ0n) is 16.0. The zero-order valence-corrected chi connectivity index (χ0v) is 16.0. The number of carbonyl (C=O) groups excluding carboxylic acids is 1. The lowest BCUT2D eigenvalue weighted by molar-refractivity contribution is -0.132. The lowest BCUT2D eigenvalue weighted by Crippen LogP contribution is -2.08. The van der Waals surface area contributed by atoms with Crippen LogP contribution in [-0.4, -0.2) is 25.6 Å². The van der Waals surface area contributed by atoms with Crippen molar-refractivity contribution in [2.45, 2.75) is 27.2 Å². The van der Waals surface area contributed by atoms with Gasteiger partial charge in [0.1, 0.15) is 0 Å². The number of carbonyl (C=O) groups is 1. The summed E-state index contributed by atoms with van der Waals surface area (Å²) in [4.78, 5) is 20.5. The van der Waals surface area contributed by atoms with E-state index in [2.05, 4.69) is 29.1 Å². The van der Waals surface area contributed by atoms with E-state index in [4.69, 9.17) is 9.72 Å². The normalized spacial score (nSPS) is 11.0. The van der Waals surface area contributed by atoms with Gasteiger partial charge in [-0.2, -0.15) is 9.61 Å². The maximum atomic E-state index is 11.6. The number of pyridine rings is 1. The molecule has 0 aliphatic carbocycles. The molecule has 0 fully saturated rings. The Hall–Kier alpha value is -3.54. The number of esters is 1. The van der Waals surface area contributed by atoms with Gasteiger partial charge in [-0.1, -0.05) is 24.3 Å². The minimum Gasteiger partial charge on any atom is -0.407 e. The van der Waals surface area contributed by atoms with E-state index < -0.39 is 5.97 Å². The van der Waals surface area contributed by atoms with E-state index >= 15 is 0 Å². The summed E-state index contributed by atoms with van der Waals surface area (Å²) in [5.74, 6) is -0.0507. The third-order valence-electron chi connectivity index (χ3n) is 4.71. The van der Waals surface area contributed by atoms with Crippen molar-refractivity contribution in [3.8, 4) is 17.1 Å². The first-order valence-corrected chi connectivity index (χ1v) is 9.05. The summed E-state index contributed by atoms with van der Waals surface area (Å²) in [6.45, 7) is 5.42. The fourth-order valence-corrected chi connectivity index (χ4v) is 3.24. The van der Waals surface area contributed by atoms with Crippen LogP contribution in [0.3, 0.4) is 0 Å². The fraction of sp³-hybridized carbons (Fsp3) is 0.182. The van der Waals surface area contributed by atoms with Gasteiger partial charge in [0.05, 0.1) is 11.4 Å². The highest BCUT2D eigenvalue weighted by atomic mass is 16.5. The summed E-state index contributed by atoms with van der Waals surface area (Å²) >= 11 is 0. The summed E-state index contributed by atoms with van der Waals surface area (Å²) in [5.41, 5.74) is 6.59. The van der Waals surface area contributed by atoms with Gasteiger partial charge < -0.3 is 4.74 Å². The van der Waals surface area contributed by atoms with Crippen LogP contribution in [0.4, 0.5) is 0 Å². The Morgan fingerprint density at radius 1 is 1.11 bits per heavy atom. The SMILES string of the molecule is CC(=O)Oc1cc(-c2ccncc2)nc2c(Cc3ccccc3C)c(C)nn12. The first-order chi connectivity index (χ1) is 13.5. The molecular formula is C22H20N4O2. The van der Waals surface area contributed by atoms with Gasteiger partial charge in [0, 0.05) is 42.9 Å². The molecule has 0 aliphatic heterocycles. The number of aryl methyl sites for hydroxylation is 2. The molecule has 0 unspecified atom stereocenters. The van der Waals surface area contributed by atoms with Crippen molar-refractivity contribution < 1.29 is 9.53 Å². The molecule has 1 aromatic carbocycles. The van der Waals surface area contributed by atoms with Gasteiger partial charge >= 0.3 is 5.97 Å². The minimum atomic E-state index is -0.401.